The normalized spacial score (nSPS) is 21.6. The van der Waals surface area contributed by atoms with Gasteiger partial charge >= 0.3 is 0 Å². The lowest BCUT2D eigenvalue weighted by Gasteiger charge is -2.00. The fourth-order valence-electron chi connectivity index (χ4n) is 1.31. The van der Waals surface area contributed by atoms with Crippen LogP contribution in [-0.4, -0.2) is 16.7 Å². The van der Waals surface area contributed by atoms with Gasteiger partial charge in [-0.3, -0.25) is 0 Å². The van der Waals surface area contributed by atoms with Crippen molar-refractivity contribution in [2.75, 3.05) is 6.61 Å². The molecule has 2 rings (SSSR count). The number of ether oxygens (including phenoxy) is 1. The number of rotatable bonds is 2. The van der Waals surface area contributed by atoms with E-state index in [9.17, 15) is 0 Å². The van der Waals surface area contributed by atoms with Gasteiger partial charge in [-0.15, -0.1) is 0 Å². The molecule has 13 heavy (non-hydrogen) atoms. The van der Waals surface area contributed by atoms with Crippen molar-refractivity contribution >= 4 is 0 Å². The standard InChI is InChI=1S/C8H9N3O2/c9-4-3-7-10-8(13-11-7)6-2-1-5-12-6/h6H,1-3,5H2. The van der Waals surface area contributed by atoms with Crippen LogP contribution in [0, 0.1) is 11.3 Å². The third-order valence-electron chi connectivity index (χ3n) is 1.93. The molecule has 1 fully saturated rings. The van der Waals surface area contributed by atoms with Crippen LogP contribution in [0.5, 0.6) is 0 Å². The molecule has 0 N–H and O–H groups in total. The third kappa shape index (κ3) is 1.68. The van der Waals surface area contributed by atoms with Gasteiger partial charge in [-0.25, -0.2) is 0 Å². The maximum Gasteiger partial charge on any atom is 0.255 e. The van der Waals surface area contributed by atoms with E-state index in [0.29, 0.717) is 11.7 Å². The molecule has 1 atom stereocenters. The van der Waals surface area contributed by atoms with E-state index in [4.69, 9.17) is 14.5 Å². The number of nitriles is 1. The molecule has 0 spiro atoms. The molecular formula is C8H9N3O2. The Labute approximate surface area is 75.3 Å². The summed E-state index contributed by atoms with van der Waals surface area (Å²) < 4.78 is 10.3. The van der Waals surface area contributed by atoms with Crippen LogP contribution in [0.15, 0.2) is 4.52 Å². The van der Waals surface area contributed by atoms with Gasteiger partial charge in [0.2, 0.25) is 0 Å². The molecule has 5 nitrogen and oxygen atoms in total. The fourth-order valence-corrected chi connectivity index (χ4v) is 1.31. The van der Waals surface area contributed by atoms with Crippen molar-refractivity contribution in [2.24, 2.45) is 0 Å². The van der Waals surface area contributed by atoms with E-state index < -0.39 is 0 Å². The maximum atomic E-state index is 8.39. The number of hydrogen-bond acceptors (Lipinski definition) is 5. The Morgan fingerprint density at radius 2 is 2.54 bits per heavy atom. The SMILES string of the molecule is N#CCc1noc(C2CCCO2)n1. The largest absolute Gasteiger partial charge is 0.368 e. The van der Waals surface area contributed by atoms with Crippen LogP contribution in [0.4, 0.5) is 0 Å². The molecule has 0 radical (unpaired) electrons. The predicted molar refractivity (Wildman–Crippen MR) is 41.5 cm³/mol. The second kappa shape index (κ2) is 3.54. The number of hydrogen-bond donors (Lipinski definition) is 0. The summed E-state index contributed by atoms with van der Waals surface area (Å²) in [5, 5.41) is 12.1. The second-order valence-electron chi connectivity index (χ2n) is 2.89. The van der Waals surface area contributed by atoms with E-state index >= 15 is 0 Å². The highest BCUT2D eigenvalue weighted by Crippen LogP contribution is 2.26. The smallest absolute Gasteiger partial charge is 0.255 e. The van der Waals surface area contributed by atoms with E-state index in [1.165, 1.54) is 0 Å². The first-order valence-electron chi connectivity index (χ1n) is 4.21. The van der Waals surface area contributed by atoms with Gasteiger partial charge < -0.3 is 9.26 Å². The zero-order valence-corrected chi connectivity index (χ0v) is 7.06. The number of aromatic nitrogens is 2. The van der Waals surface area contributed by atoms with Gasteiger partial charge in [-0.1, -0.05) is 5.16 Å². The Hall–Kier alpha value is -1.41. The van der Waals surface area contributed by atoms with Crippen LogP contribution in [0.3, 0.4) is 0 Å². The van der Waals surface area contributed by atoms with E-state index in [0.717, 1.165) is 19.4 Å². The highest BCUT2D eigenvalue weighted by molar-refractivity contribution is 4.96. The Kier molecular flexibility index (Phi) is 2.23. The van der Waals surface area contributed by atoms with Gasteiger partial charge in [0.1, 0.15) is 6.10 Å². The van der Waals surface area contributed by atoms with Crippen molar-refractivity contribution < 1.29 is 9.26 Å². The van der Waals surface area contributed by atoms with Crippen LogP contribution in [0.25, 0.3) is 0 Å². The monoisotopic (exact) mass is 179 g/mol. The summed E-state index contributed by atoms with van der Waals surface area (Å²) in [6, 6.07) is 1.96. The first-order chi connectivity index (χ1) is 6.40. The lowest BCUT2D eigenvalue weighted by Crippen LogP contribution is -1.96. The molecule has 0 aromatic carbocycles. The molecule has 1 saturated heterocycles. The Bertz CT molecular complexity index is 322. The van der Waals surface area contributed by atoms with E-state index in [1.54, 1.807) is 0 Å². The summed E-state index contributed by atoms with van der Waals surface area (Å²) in [6.45, 7) is 0.751. The lowest BCUT2D eigenvalue weighted by atomic mass is 10.2. The topological polar surface area (TPSA) is 71.9 Å². The first kappa shape index (κ1) is 8.20. The van der Waals surface area contributed by atoms with Crippen molar-refractivity contribution in [3.63, 3.8) is 0 Å². The molecule has 1 unspecified atom stereocenters. The van der Waals surface area contributed by atoms with Crippen LogP contribution >= 0.6 is 0 Å². The van der Waals surface area contributed by atoms with E-state index in [2.05, 4.69) is 10.1 Å². The molecule has 0 amide bonds. The molecular weight excluding hydrogens is 170 g/mol. The van der Waals surface area contributed by atoms with E-state index in [-0.39, 0.29) is 12.5 Å². The Morgan fingerprint density at radius 3 is 3.23 bits per heavy atom. The minimum Gasteiger partial charge on any atom is -0.368 e. The highest BCUT2D eigenvalue weighted by Gasteiger charge is 2.23. The van der Waals surface area contributed by atoms with Gasteiger partial charge in [-0.05, 0) is 12.8 Å². The number of nitrogens with zero attached hydrogens (tertiary/aromatic N) is 3. The summed E-state index contributed by atoms with van der Waals surface area (Å²) in [5.41, 5.74) is 0. The Balaban J connectivity index is 2.08. The van der Waals surface area contributed by atoms with Crippen molar-refractivity contribution in [3.8, 4) is 6.07 Å². The van der Waals surface area contributed by atoms with Gasteiger partial charge in [0.05, 0.1) is 12.5 Å². The minimum atomic E-state index is -0.0556. The zero-order chi connectivity index (χ0) is 9.10. The molecule has 68 valence electrons. The summed E-state index contributed by atoms with van der Waals surface area (Å²) >= 11 is 0. The van der Waals surface area contributed by atoms with Crippen LogP contribution in [0.1, 0.15) is 30.7 Å². The molecule has 0 bridgehead atoms. The average molecular weight is 179 g/mol. The molecule has 5 heteroatoms. The second-order valence-corrected chi connectivity index (χ2v) is 2.89. The summed E-state index contributed by atoms with van der Waals surface area (Å²) in [7, 11) is 0. The van der Waals surface area contributed by atoms with Crippen molar-refractivity contribution in [1.29, 1.82) is 5.26 Å². The Morgan fingerprint density at radius 1 is 1.62 bits per heavy atom. The zero-order valence-electron chi connectivity index (χ0n) is 7.06. The minimum absolute atomic E-state index is 0.0556. The molecule has 0 aliphatic carbocycles. The molecule has 1 aromatic rings. The van der Waals surface area contributed by atoms with Crippen LogP contribution < -0.4 is 0 Å². The lowest BCUT2D eigenvalue weighted by molar-refractivity contribution is 0.0835. The summed E-state index contributed by atoms with van der Waals surface area (Å²) in [4.78, 5) is 4.06. The molecule has 1 aromatic heterocycles. The molecule has 2 heterocycles. The average Bonchev–Trinajstić information content (AvgIpc) is 2.70. The van der Waals surface area contributed by atoms with Gasteiger partial charge in [0.15, 0.2) is 5.82 Å². The van der Waals surface area contributed by atoms with Gasteiger partial charge in [0, 0.05) is 6.61 Å². The molecule has 1 aliphatic heterocycles. The van der Waals surface area contributed by atoms with Crippen LogP contribution in [-0.2, 0) is 11.2 Å². The van der Waals surface area contributed by atoms with E-state index in [1.807, 2.05) is 6.07 Å². The summed E-state index contributed by atoms with van der Waals surface area (Å²) in [6.07, 6.45) is 2.09. The van der Waals surface area contributed by atoms with Gasteiger partial charge in [-0.2, -0.15) is 10.2 Å². The van der Waals surface area contributed by atoms with Crippen molar-refractivity contribution in [3.05, 3.63) is 11.7 Å². The molecule has 1 aliphatic rings. The van der Waals surface area contributed by atoms with Crippen LogP contribution in [0.2, 0.25) is 0 Å². The third-order valence-corrected chi connectivity index (χ3v) is 1.93. The molecule has 0 saturated carbocycles. The fraction of sp³-hybridized carbons (Fsp3) is 0.625. The maximum absolute atomic E-state index is 8.39. The predicted octanol–water partition coefficient (Wildman–Crippen LogP) is 0.987. The summed E-state index contributed by atoms with van der Waals surface area (Å²) in [5.74, 6) is 0.941. The van der Waals surface area contributed by atoms with Crippen molar-refractivity contribution in [2.45, 2.75) is 25.4 Å². The van der Waals surface area contributed by atoms with Crippen molar-refractivity contribution in [1.82, 2.24) is 10.1 Å². The van der Waals surface area contributed by atoms with Gasteiger partial charge in [0.25, 0.3) is 5.89 Å². The first-order valence-corrected chi connectivity index (χ1v) is 4.21. The highest BCUT2D eigenvalue weighted by atomic mass is 16.5. The quantitative estimate of drug-likeness (QED) is 0.676.